The number of hydrogen-bond acceptors (Lipinski definition) is 4. The molecule has 0 spiro atoms. The molecule has 2 aromatic rings. The Balaban J connectivity index is 2.02. The van der Waals surface area contributed by atoms with Crippen molar-refractivity contribution < 1.29 is 19.7 Å². The van der Waals surface area contributed by atoms with Crippen LogP contribution in [0.25, 0.3) is 0 Å². The summed E-state index contributed by atoms with van der Waals surface area (Å²) in [5.74, 6) is 0.599. The molecule has 4 heteroatoms. The van der Waals surface area contributed by atoms with Gasteiger partial charge in [0.15, 0.2) is 23.0 Å². The van der Waals surface area contributed by atoms with Crippen LogP contribution < -0.4 is 9.47 Å². The number of methoxy groups -OCH3 is 2. The molecule has 0 aliphatic heterocycles. The smallest absolute Gasteiger partial charge is 0.164 e. The van der Waals surface area contributed by atoms with Gasteiger partial charge in [-0.15, -0.1) is 0 Å². The van der Waals surface area contributed by atoms with Crippen LogP contribution in [0.1, 0.15) is 24.0 Å². The van der Waals surface area contributed by atoms with Gasteiger partial charge in [-0.05, 0) is 31.2 Å². The maximum absolute atomic E-state index is 10.2. The number of benzene rings is 2. The average molecular weight is 302 g/mol. The summed E-state index contributed by atoms with van der Waals surface area (Å²) in [7, 11) is 2.95. The quantitative estimate of drug-likeness (QED) is 0.766. The van der Waals surface area contributed by atoms with Crippen LogP contribution in [0, 0.1) is 0 Å². The predicted octanol–water partition coefficient (Wildman–Crippen LogP) is 3.68. The zero-order valence-corrected chi connectivity index (χ0v) is 13.0. The molecule has 0 aliphatic carbocycles. The van der Waals surface area contributed by atoms with Gasteiger partial charge < -0.3 is 19.7 Å². The van der Waals surface area contributed by atoms with E-state index in [2.05, 4.69) is 12.1 Å². The summed E-state index contributed by atoms with van der Waals surface area (Å²) in [6, 6.07) is 11.7. The van der Waals surface area contributed by atoms with Crippen LogP contribution in [0.2, 0.25) is 0 Å². The third-order valence-electron chi connectivity index (χ3n) is 3.73. The first kappa shape index (κ1) is 16.0. The predicted molar refractivity (Wildman–Crippen MR) is 86.0 cm³/mol. The fourth-order valence-corrected chi connectivity index (χ4v) is 2.49. The number of hydrogen-bond donors (Lipinski definition) is 2. The van der Waals surface area contributed by atoms with Gasteiger partial charge in [-0.2, -0.15) is 0 Å². The van der Waals surface area contributed by atoms with E-state index in [1.54, 1.807) is 0 Å². The molecule has 0 atom stereocenters. The van der Waals surface area contributed by atoms with Gasteiger partial charge in [-0.3, -0.25) is 0 Å². The van der Waals surface area contributed by atoms with Crippen molar-refractivity contribution in [1.29, 1.82) is 0 Å². The van der Waals surface area contributed by atoms with Crippen molar-refractivity contribution in [3.8, 4) is 23.0 Å². The summed E-state index contributed by atoms with van der Waals surface area (Å²) < 4.78 is 10.2. The molecule has 0 unspecified atom stereocenters. The first-order valence-electron chi connectivity index (χ1n) is 7.37. The first-order valence-corrected chi connectivity index (χ1v) is 7.37. The van der Waals surface area contributed by atoms with Gasteiger partial charge >= 0.3 is 0 Å². The number of unbranched alkanes of at least 4 members (excludes halogenated alkanes) is 1. The Hall–Kier alpha value is -2.36. The molecule has 0 aliphatic rings. The fourth-order valence-electron chi connectivity index (χ4n) is 2.49. The van der Waals surface area contributed by atoms with E-state index in [1.807, 2.05) is 18.2 Å². The van der Waals surface area contributed by atoms with Gasteiger partial charge in [0.25, 0.3) is 0 Å². The SMILES string of the molecule is COc1cc(OC)c(O)c(CCCCc2ccccc2)c1O. The minimum atomic E-state index is -0.0134. The zero-order valence-electron chi connectivity index (χ0n) is 13.0. The molecule has 0 saturated heterocycles. The van der Waals surface area contributed by atoms with Crippen LogP contribution in [0.15, 0.2) is 36.4 Å². The van der Waals surface area contributed by atoms with Gasteiger partial charge in [0.2, 0.25) is 0 Å². The molecule has 0 saturated carbocycles. The van der Waals surface area contributed by atoms with E-state index in [-0.39, 0.29) is 11.5 Å². The van der Waals surface area contributed by atoms with Gasteiger partial charge in [0, 0.05) is 11.6 Å². The number of aromatic hydroxyl groups is 2. The highest BCUT2D eigenvalue weighted by molar-refractivity contribution is 5.59. The highest BCUT2D eigenvalue weighted by Crippen LogP contribution is 2.43. The molecule has 0 bridgehead atoms. The van der Waals surface area contributed by atoms with Gasteiger partial charge in [-0.1, -0.05) is 30.3 Å². The van der Waals surface area contributed by atoms with Crippen molar-refractivity contribution in [2.45, 2.75) is 25.7 Å². The molecule has 0 aromatic heterocycles. The lowest BCUT2D eigenvalue weighted by molar-refractivity contribution is 0.341. The molecule has 22 heavy (non-hydrogen) atoms. The monoisotopic (exact) mass is 302 g/mol. The van der Waals surface area contributed by atoms with E-state index in [4.69, 9.17) is 9.47 Å². The molecule has 2 rings (SSSR count). The minimum absolute atomic E-state index is 0.0134. The summed E-state index contributed by atoms with van der Waals surface area (Å²) in [6.07, 6.45) is 3.37. The van der Waals surface area contributed by atoms with E-state index in [0.717, 1.165) is 19.3 Å². The number of ether oxygens (including phenoxy) is 2. The molecule has 0 radical (unpaired) electrons. The van der Waals surface area contributed by atoms with Crippen LogP contribution in [0.5, 0.6) is 23.0 Å². The summed E-state index contributed by atoms with van der Waals surface area (Å²) in [5, 5.41) is 20.3. The maximum Gasteiger partial charge on any atom is 0.164 e. The Kier molecular flexibility index (Phi) is 5.53. The Morgan fingerprint density at radius 2 is 1.36 bits per heavy atom. The Labute approximate surface area is 130 Å². The van der Waals surface area contributed by atoms with Crippen molar-refractivity contribution in [3.63, 3.8) is 0 Å². The molecule has 0 heterocycles. The second-order valence-corrected chi connectivity index (χ2v) is 5.15. The minimum Gasteiger partial charge on any atom is -0.504 e. The largest absolute Gasteiger partial charge is 0.504 e. The molecular weight excluding hydrogens is 280 g/mol. The zero-order chi connectivity index (χ0) is 15.9. The lowest BCUT2D eigenvalue weighted by Crippen LogP contribution is -1.96. The first-order chi connectivity index (χ1) is 10.7. The summed E-state index contributed by atoms with van der Waals surface area (Å²) in [4.78, 5) is 0. The van der Waals surface area contributed by atoms with Crippen LogP contribution >= 0.6 is 0 Å². The number of rotatable bonds is 7. The van der Waals surface area contributed by atoms with E-state index >= 15 is 0 Å². The van der Waals surface area contributed by atoms with Crippen molar-refractivity contribution in [2.24, 2.45) is 0 Å². The maximum atomic E-state index is 10.2. The van der Waals surface area contributed by atoms with Crippen molar-refractivity contribution >= 4 is 0 Å². The van der Waals surface area contributed by atoms with E-state index in [1.165, 1.54) is 25.8 Å². The summed E-state index contributed by atoms with van der Waals surface area (Å²) in [5.41, 5.74) is 1.77. The van der Waals surface area contributed by atoms with Crippen molar-refractivity contribution in [3.05, 3.63) is 47.5 Å². The molecular formula is C18H22O4. The Bertz CT molecular complexity index is 580. The van der Waals surface area contributed by atoms with Crippen LogP contribution in [0.3, 0.4) is 0 Å². The standard InChI is InChI=1S/C18H22O4/c1-21-15-12-16(22-2)18(20)14(17(15)19)11-7-6-10-13-8-4-3-5-9-13/h3-5,8-9,12,19-20H,6-7,10-11H2,1-2H3. The number of phenolic OH excluding ortho intramolecular Hbond substituents is 2. The van der Waals surface area contributed by atoms with E-state index < -0.39 is 0 Å². The van der Waals surface area contributed by atoms with E-state index in [0.29, 0.717) is 23.5 Å². The van der Waals surface area contributed by atoms with Crippen molar-refractivity contribution in [1.82, 2.24) is 0 Å². The lowest BCUT2D eigenvalue weighted by atomic mass is 10.0. The molecule has 0 amide bonds. The number of aryl methyl sites for hydroxylation is 1. The summed E-state index contributed by atoms with van der Waals surface area (Å²) >= 11 is 0. The second-order valence-electron chi connectivity index (χ2n) is 5.15. The second kappa shape index (κ2) is 7.59. The third kappa shape index (κ3) is 3.64. The average Bonchev–Trinajstić information content (AvgIpc) is 2.55. The van der Waals surface area contributed by atoms with E-state index in [9.17, 15) is 10.2 Å². The van der Waals surface area contributed by atoms with Gasteiger partial charge in [0.05, 0.1) is 14.2 Å². The normalized spacial score (nSPS) is 10.5. The lowest BCUT2D eigenvalue weighted by Gasteiger charge is -2.14. The molecule has 0 fully saturated rings. The van der Waals surface area contributed by atoms with Gasteiger partial charge in [0.1, 0.15) is 0 Å². The van der Waals surface area contributed by atoms with Crippen molar-refractivity contribution in [2.75, 3.05) is 14.2 Å². The summed E-state index contributed by atoms with van der Waals surface area (Å²) in [6.45, 7) is 0. The van der Waals surface area contributed by atoms with Gasteiger partial charge in [-0.25, -0.2) is 0 Å². The highest BCUT2D eigenvalue weighted by Gasteiger charge is 2.18. The topological polar surface area (TPSA) is 58.9 Å². The molecule has 2 aromatic carbocycles. The number of phenols is 2. The third-order valence-corrected chi connectivity index (χ3v) is 3.73. The van der Waals surface area contributed by atoms with Crippen LogP contribution in [-0.4, -0.2) is 24.4 Å². The Morgan fingerprint density at radius 1 is 0.818 bits per heavy atom. The molecule has 2 N–H and O–H groups in total. The highest BCUT2D eigenvalue weighted by atomic mass is 16.5. The molecule has 118 valence electrons. The Morgan fingerprint density at radius 3 is 1.91 bits per heavy atom. The van der Waals surface area contributed by atoms with Crippen LogP contribution in [0.4, 0.5) is 0 Å². The fraction of sp³-hybridized carbons (Fsp3) is 0.333. The molecule has 4 nitrogen and oxygen atoms in total. The van der Waals surface area contributed by atoms with Crippen LogP contribution in [-0.2, 0) is 12.8 Å².